The number of carbonyl (C=O) groups excluding carboxylic acids is 1. The third-order valence-corrected chi connectivity index (χ3v) is 4.21. The summed E-state index contributed by atoms with van der Waals surface area (Å²) in [4.78, 5) is 24.9. The Labute approximate surface area is 166 Å². The van der Waals surface area contributed by atoms with Gasteiger partial charge in [0.15, 0.2) is 11.6 Å². The van der Waals surface area contributed by atoms with Crippen LogP contribution in [0, 0.1) is 0 Å². The van der Waals surface area contributed by atoms with Crippen molar-refractivity contribution in [2.24, 2.45) is 0 Å². The normalized spacial score (nSPS) is 10.5. The maximum absolute atomic E-state index is 11.6. The van der Waals surface area contributed by atoms with E-state index in [2.05, 4.69) is 32.2 Å². The van der Waals surface area contributed by atoms with Gasteiger partial charge >= 0.3 is 0 Å². The molecule has 8 heteroatoms. The van der Waals surface area contributed by atoms with Crippen molar-refractivity contribution in [2.45, 2.75) is 0 Å². The second-order valence-electron chi connectivity index (χ2n) is 6.13. The van der Waals surface area contributed by atoms with Crippen molar-refractivity contribution in [1.82, 2.24) is 19.5 Å². The van der Waals surface area contributed by atoms with Crippen molar-refractivity contribution in [3.05, 3.63) is 73.8 Å². The minimum atomic E-state index is -0.278. The number of rotatable bonds is 6. The number of methoxy groups -OCH3 is 1. The number of aromatic nitrogens is 4. The third kappa shape index (κ3) is 3.91. The molecule has 0 saturated carbocycles. The molecule has 0 fully saturated rings. The van der Waals surface area contributed by atoms with Crippen LogP contribution >= 0.6 is 0 Å². The van der Waals surface area contributed by atoms with Gasteiger partial charge in [0, 0.05) is 17.4 Å². The lowest BCUT2D eigenvalue weighted by Crippen LogP contribution is -2.07. The van der Waals surface area contributed by atoms with E-state index < -0.39 is 0 Å². The molecule has 29 heavy (non-hydrogen) atoms. The van der Waals surface area contributed by atoms with Crippen molar-refractivity contribution in [3.63, 3.8) is 0 Å². The predicted molar refractivity (Wildman–Crippen MR) is 112 cm³/mol. The van der Waals surface area contributed by atoms with E-state index in [9.17, 15) is 4.79 Å². The second-order valence-corrected chi connectivity index (χ2v) is 6.13. The lowest BCUT2D eigenvalue weighted by Gasteiger charge is -2.09. The number of carbonyl (C=O) groups is 1. The molecule has 0 bridgehead atoms. The number of hydrogen-bond donors (Lipinski definition) is 2. The highest BCUT2D eigenvalue weighted by Gasteiger charge is 2.09. The Morgan fingerprint density at radius 2 is 2.07 bits per heavy atom. The molecule has 1 amide bonds. The minimum absolute atomic E-state index is 0.278. The molecule has 4 rings (SSSR count). The van der Waals surface area contributed by atoms with E-state index in [-0.39, 0.29) is 5.91 Å². The average Bonchev–Trinajstić information content (AvgIpc) is 3.17. The van der Waals surface area contributed by atoms with Crippen LogP contribution in [0.1, 0.15) is 0 Å². The zero-order valence-electron chi connectivity index (χ0n) is 15.7. The highest BCUT2D eigenvalue weighted by Crippen LogP contribution is 2.23. The second kappa shape index (κ2) is 7.81. The number of imidazole rings is 1. The molecule has 144 valence electrons. The number of hydrogen-bond acceptors (Lipinski definition) is 6. The smallest absolute Gasteiger partial charge is 0.247 e. The molecule has 2 heterocycles. The third-order valence-electron chi connectivity index (χ3n) is 4.21. The summed E-state index contributed by atoms with van der Waals surface area (Å²) >= 11 is 0. The first-order valence-corrected chi connectivity index (χ1v) is 8.80. The van der Waals surface area contributed by atoms with Gasteiger partial charge in [-0.05, 0) is 36.4 Å². The molecule has 0 aliphatic carbocycles. The Morgan fingerprint density at radius 3 is 2.90 bits per heavy atom. The summed E-state index contributed by atoms with van der Waals surface area (Å²) in [5.41, 5.74) is 3.04. The van der Waals surface area contributed by atoms with Crippen LogP contribution in [-0.2, 0) is 4.79 Å². The Kier molecular flexibility index (Phi) is 4.90. The topological polar surface area (TPSA) is 94.0 Å². The van der Waals surface area contributed by atoms with E-state index in [0.717, 1.165) is 22.5 Å². The zero-order valence-corrected chi connectivity index (χ0v) is 15.7. The van der Waals surface area contributed by atoms with Gasteiger partial charge in [0.1, 0.15) is 12.1 Å². The fraction of sp³-hybridized carbons (Fsp3) is 0.0476. The number of nitrogens with one attached hydrogen (secondary N) is 2. The molecular formula is C21H18N6O2. The van der Waals surface area contributed by atoms with Gasteiger partial charge in [0.2, 0.25) is 5.91 Å². The Morgan fingerprint density at radius 1 is 1.17 bits per heavy atom. The van der Waals surface area contributed by atoms with Crippen molar-refractivity contribution in [2.75, 3.05) is 17.7 Å². The molecule has 2 aromatic heterocycles. The van der Waals surface area contributed by atoms with Crippen LogP contribution in [0.4, 0.5) is 17.2 Å². The number of nitrogens with zero attached hydrogens (tertiary/aromatic N) is 4. The summed E-state index contributed by atoms with van der Waals surface area (Å²) < 4.78 is 7.05. The average molecular weight is 386 g/mol. The number of ether oxygens (including phenoxy) is 1. The van der Waals surface area contributed by atoms with Gasteiger partial charge in [-0.3, -0.25) is 14.3 Å². The maximum Gasteiger partial charge on any atom is 0.247 e. The maximum atomic E-state index is 11.6. The standard InChI is InChI=1S/C21H18N6O2/c1-3-21(28)25-15-7-8-17-18(10-15)27(13-23-17)20-12-22-11-19(26-20)24-14-5-4-6-16(9-14)29-2/h3-13H,1H2,2H3,(H,24,26)(H,25,28). The first-order chi connectivity index (χ1) is 14.2. The molecule has 0 spiro atoms. The fourth-order valence-corrected chi connectivity index (χ4v) is 2.84. The largest absolute Gasteiger partial charge is 0.497 e. The fourth-order valence-electron chi connectivity index (χ4n) is 2.84. The summed E-state index contributed by atoms with van der Waals surface area (Å²) in [5.74, 6) is 1.63. The molecule has 8 nitrogen and oxygen atoms in total. The van der Waals surface area contributed by atoms with Crippen molar-refractivity contribution in [3.8, 4) is 11.6 Å². The van der Waals surface area contributed by atoms with Crippen molar-refractivity contribution in [1.29, 1.82) is 0 Å². The molecule has 2 aromatic carbocycles. The summed E-state index contributed by atoms with van der Waals surface area (Å²) in [6, 6.07) is 13.0. The molecule has 0 atom stereocenters. The predicted octanol–water partition coefficient (Wildman–Crippen LogP) is 3.69. The van der Waals surface area contributed by atoms with Crippen LogP contribution in [0.3, 0.4) is 0 Å². The van der Waals surface area contributed by atoms with E-state index in [1.807, 2.05) is 41.0 Å². The first-order valence-electron chi connectivity index (χ1n) is 8.80. The van der Waals surface area contributed by atoms with E-state index >= 15 is 0 Å². The Bertz CT molecular complexity index is 1200. The van der Waals surface area contributed by atoms with Crippen LogP contribution in [0.2, 0.25) is 0 Å². The Balaban J connectivity index is 1.67. The van der Waals surface area contributed by atoms with Gasteiger partial charge in [0.25, 0.3) is 0 Å². The van der Waals surface area contributed by atoms with Crippen LogP contribution in [-0.4, -0.2) is 32.5 Å². The highest BCUT2D eigenvalue weighted by atomic mass is 16.5. The zero-order chi connectivity index (χ0) is 20.2. The minimum Gasteiger partial charge on any atom is -0.497 e. The van der Waals surface area contributed by atoms with E-state index in [1.54, 1.807) is 31.9 Å². The van der Waals surface area contributed by atoms with Gasteiger partial charge in [-0.25, -0.2) is 9.97 Å². The summed E-state index contributed by atoms with van der Waals surface area (Å²) in [6.45, 7) is 3.47. The lowest BCUT2D eigenvalue weighted by molar-refractivity contribution is -0.111. The van der Waals surface area contributed by atoms with Crippen LogP contribution in [0.5, 0.6) is 5.75 Å². The molecule has 0 saturated heterocycles. The Hall–Kier alpha value is -4.20. The molecular weight excluding hydrogens is 368 g/mol. The van der Waals surface area contributed by atoms with Crippen LogP contribution < -0.4 is 15.4 Å². The molecule has 2 N–H and O–H groups in total. The number of benzene rings is 2. The number of anilines is 3. The van der Waals surface area contributed by atoms with Crippen LogP contribution in [0.15, 0.2) is 73.8 Å². The molecule has 0 aliphatic rings. The SMILES string of the molecule is C=CC(=O)Nc1ccc2ncn(-c3cncc(Nc4cccc(OC)c4)n3)c2c1. The van der Waals surface area contributed by atoms with Crippen molar-refractivity contribution >= 4 is 34.1 Å². The lowest BCUT2D eigenvalue weighted by atomic mass is 10.2. The van der Waals surface area contributed by atoms with Gasteiger partial charge in [-0.15, -0.1) is 0 Å². The number of fused-ring (bicyclic) bond motifs is 1. The van der Waals surface area contributed by atoms with Gasteiger partial charge in [-0.1, -0.05) is 12.6 Å². The summed E-state index contributed by atoms with van der Waals surface area (Å²) in [6.07, 6.45) is 6.18. The number of amides is 1. The summed E-state index contributed by atoms with van der Waals surface area (Å²) in [7, 11) is 1.62. The molecule has 0 aliphatic heterocycles. The molecule has 4 aromatic rings. The van der Waals surface area contributed by atoms with E-state index in [0.29, 0.717) is 17.3 Å². The first kappa shape index (κ1) is 18.2. The summed E-state index contributed by atoms with van der Waals surface area (Å²) in [5, 5.41) is 5.97. The van der Waals surface area contributed by atoms with Gasteiger partial charge in [-0.2, -0.15) is 0 Å². The van der Waals surface area contributed by atoms with Crippen LogP contribution in [0.25, 0.3) is 16.9 Å². The van der Waals surface area contributed by atoms with E-state index in [4.69, 9.17) is 4.74 Å². The molecule has 0 radical (unpaired) electrons. The highest BCUT2D eigenvalue weighted by molar-refractivity contribution is 6.00. The monoisotopic (exact) mass is 386 g/mol. The van der Waals surface area contributed by atoms with Gasteiger partial charge < -0.3 is 15.4 Å². The molecule has 0 unspecified atom stereocenters. The van der Waals surface area contributed by atoms with Crippen molar-refractivity contribution < 1.29 is 9.53 Å². The van der Waals surface area contributed by atoms with Gasteiger partial charge in [0.05, 0.1) is 30.5 Å². The quantitative estimate of drug-likeness (QED) is 0.491. The van der Waals surface area contributed by atoms with E-state index in [1.165, 1.54) is 6.08 Å².